The zero-order chi connectivity index (χ0) is 26.3. The van der Waals surface area contributed by atoms with Gasteiger partial charge in [0.2, 0.25) is 0 Å². The van der Waals surface area contributed by atoms with Crippen LogP contribution in [-0.4, -0.2) is 46.0 Å². The van der Waals surface area contributed by atoms with Gasteiger partial charge in [-0.3, -0.25) is 9.20 Å². The zero-order valence-electron chi connectivity index (χ0n) is 22.1. The normalized spacial score (nSPS) is 15.4. The zero-order valence-corrected chi connectivity index (χ0v) is 23.6. The fraction of sp³-hybridized carbons (Fsp3) is 0.419. The molecule has 1 saturated heterocycles. The number of amides is 1. The van der Waals surface area contributed by atoms with Crippen molar-refractivity contribution in [2.24, 2.45) is 0 Å². The Morgan fingerprint density at radius 2 is 1.92 bits per heavy atom. The Bertz CT molecular complexity index is 1320. The van der Waals surface area contributed by atoms with Crippen LogP contribution in [-0.2, 0) is 17.6 Å². The van der Waals surface area contributed by atoms with Crippen LogP contribution in [0.3, 0.4) is 0 Å². The number of imidazole rings is 1. The number of hydrogen-bond acceptors (Lipinski definition) is 4. The summed E-state index contributed by atoms with van der Waals surface area (Å²) in [5.74, 6) is 0.0805. The highest BCUT2D eigenvalue weighted by Gasteiger charge is 2.24. The Labute approximate surface area is 234 Å². The molecule has 3 heterocycles. The largest absolute Gasteiger partial charge is 0.376 e. The minimum atomic E-state index is 0.0805. The van der Waals surface area contributed by atoms with Crippen LogP contribution in [0.15, 0.2) is 60.1 Å². The van der Waals surface area contributed by atoms with E-state index in [9.17, 15) is 4.79 Å². The van der Waals surface area contributed by atoms with Crippen LogP contribution in [0, 0.1) is 0 Å². The SMILES string of the molecule is CCCCCCc1ccc(C(=O)N(CCc2csc3nc(-c4ccc(Cl)cc4)cn23)CC2CCCO2)cc1. The molecular weight excluding hydrogens is 514 g/mol. The molecule has 2 aromatic heterocycles. The third-order valence-corrected chi connectivity index (χ3v) is 8.46. The lowest BCUT2D eigenvalue weighted by molar-refractivity contribution is 0.0528. The van der Waals surface area contributed by atoms with Gasteiger partial charge in [0.15, 0.2) is 4.96 Å². The first-order valence-corrected chi connectivity index (χ1v) is 15.1. The van der Waals surface area contributed by atoms with E-state index in [-0.39, 0.29) is 12.0 Å². The molecule has 1 unspecified atom stereocenters. The molecule has 1 atom stereocenters. The highest BCUT2D eigenvalue weighted by molar-refractivity contribution is 7.15. The van der Waals surface area contributed by atoms with E-state index < -0.39 is 0 Å². The summed E-state index contributed by atoms with van der Waals surface area (Å²) in [4.78, 5) is 21.4. The van der Waals surface area contributed by atoms with E-state index >= 15 is 0 Å². The molecular formula is C31H36ClN3O2S. The summed E-state index contributed by atoms with van der Waals surface area (Å²) in [6, 6.07) is 16.0. The molecule has 0 aliphatic carbocycles. The number of fused-ring (bicyclic) bond motifs is 1. The number of carbonyl (C=O) groups excluding carboxylic acids is 1. The topological polar surface area (TPSA) is 46.8 Å². The molecule has 200 valence electrons. The molecule has 0 bridgehead atoms. The molecule has 1 amide bonds. The molecule has 0 N–H and O–H groups in total. The second-order valence-electron chi connectivity index (χ2n) is 10.2. The van der Waals surface area contributed by atoms with E-state index in [1.54, 1.807) is 11.3 Å². The van der Waals surface area contributed by atoms with Crippen LogP contribution >= 0.6 is 22.9 Å². The molecule has 38 heavy (non-hydrogen) atoms. The fourth-order valence-corrected chi connectivity index (χ4v) is 6.11. The number of benzene rings is 2. The number of halogens is 1. The highest BCUT2D eigenvalue weighted by Crippen LogP contribution is 2.25. The number of carbonyl (C=O) groups is 1. The van der Waals surface area contributed by atoms with Gasteiger partial charge < -0.3 is 9.64 Å². The Kier molecular flexibility index (Phi) is 9.15. The Morgan fingerprint density at radius 1 is 1.11 bits per heavy atom. The molecule has 5 rings (SSSR count). The van der Waals surface area contributed by atoms with Crippen LogP contribution in [0.25, 0.3) is 16.2 Å². The maximum Gasteiger partial charge on any atom is 0.253 e. The van der Waals surface area contributed by atoms with Crippen molar-refractivity contribution < 1.29 is 9.53 Å². The molecule has 0 spiro atoms. The molecule has 1 aliphatic rings. The van der Waals surface area contributed by atoms with Gasteiger partial charge in [0.25, 0.3) is 5.91 Å². The Morgan fingerprint density at radius 3 is 2.66 bits per heavy atom. The molecule has 5 nitrogen and oxygen atoms in total. The molecule has 1 fully saturated rings. The van der Waals surface area contributed by atoms with Crippen molar-refractivity contribution in [2.45, 2.75) is 64.4 Å². The van der Waals surface area contributed by atoms with E-state index in [0.717, 1.165) is 59.8 Å². The first kappa shape index (κ1) is 26.9. The van der Waals surface area contributed by atoms with Gasteiger partial charge in [0.05, 0.1) is 11.8 Å². The van der Waals surface area contributed by atoms with Crippen molar-refractivity contribution in [1.29, 1.82) is 0 Å². The summed E-state index contributed by atoms with van der Waals surface area (Å²) < 4.78 is 8.05. The average Bonchev–Trinajstić information content (AvgIpc) is 3.68. The van der Waals surface area contributed by atoms with Crippen molar-refractivity contribution in [3.05, 3.63) is 82.0 Å². The summed E-state index contributed by atoms with van der Waals surface area (Å²) in [5, 5.41) is 2.86. The van der Waals surface area contributed by atoms with Gasteiger partial charge in [0.1, 0.15) is 0 Å². The number of rotatable bonds is 12. The number of hydrogen-bond donors (Lipinski definition) is 0. The number of thiazole rings is 1. The van der Waals surface area contributed by atoms with Crippen molar-refractivity contribution in [3.8, 4) is 11.3 Å². The van der Waals surface area contributed by atoms with Crippen molar-refractivity contribution in [3.63, 3.8) is 0 Å². The lowest BCUT2D eigenvalue weighted by Crippen LogP contribution is -2.38. The quantitative estimate of drug-likeness (QED) is 0.170. The van der Waals surface area contributed by atoms with Gasteiger partial charge in [-0.2, -0.15) is 0 Å². The molecule has 1 aliphatic heterocycles. The fourth-order valence-electron chi connectivity index (χ4n) is 5.08. The molecule has 2 aromatic carbocycles. The molecule has 7 heteroatoms. The molecule has 0 saturated carbocycles. The Balaban J connectivity index is 1.28. The number of aromatic nitrogens is 2. The van der Waals surface area contributed by atoms with Crippen LogP contribution in [0.2, 0.25) is 5.02 Å². The summed E-state index contributed by atoms with van der Waals surface area (Å²) in [5.41, 5.74) is 5.19. The molecule has 4 aromatic rings. The smallest absolute Gasteiger partial charge is 0.253 e. The van der Waals surface area contributed by atoms with Gasteiger partial charge in [0, 0.05) is 59.5 Å². The summed E-state index contributed by atoms with van der Waals surface area (Å²) in [7, 11) is 0. The number of unbranched alkanes of at least 4 members (excludes halogenated alkanes) is 3. The van der Waals surface area contributed by atoms with Gasteiger partial charge in [-0.25, -0.2) is 4.98 Å². The standard InChI is InChI=1S/C31H36ClN3O2S/c1-2-3-4-5-7-23-9-11-25(12-10-23)30(36)34(20-28-8-6-19-37-28)18-17-27-22-38-31-33-29(21-35(27)31)24-13-15-26(32)16-14-24/h9-16,21-22,28H,2-8,17-20H2,1H3. The number of nitrogens with zero attached hydrogens (tertiary/aromatic N) is 3. The summed E-state index contributed by atoms with van der Waals surface area (Å²) >= 11 is 7.69. The van der Waals surface area contributed by atoms with E-state index in [2.05, 4.69) is 35.0 Å². The van der Waals surface area contributed by atoms with E-state index in [0.29, 0.717) is 18.1 Å². The molecule has 0 radical (unpaired) electrons. The average molecular weight is 550 g/mol. The van der Waals surface area contributed by atoms with Gasteiger partial charge in [-0.05, 0) is 55.5 Å². The minimum absolute atomic E-state index is 0.0805. The first-order chi connectivity index (χ1) is 18.6. The summed E-state index contributed by atoms with van der Waals surface area (Å²) in [6.45, 7) is 4.29. The van der Waals surface area contributed by atoms with Crippen LogP contribution in [0.5, 0.6) is 0 Å². The van der Waals surface area contributed by atoms with Crippen LogP contribution < -0.4 is 0 Å². The predicted molar refractivity (Wildman–Crippen MR) is 156 cm³/mol. The second-order valence-corrected chi connectivity index (χ2v) is 11.4. The van der Waals surface area contributed by atoms with Gasteiger partial charge in [-0.1, -0.05) is 62.1 Å². The van der Waals surface area contributed by atoms with Crippen molar-refractivity contribution in [1.82, 2.24) is 14.3 Å². The Hall–Kier alpha value is -2.67. The minimum Gasteiger partial charge on any atom is -0.376 e. The lowest BCUT2D eigenvalue weighted by atomic mass is 10.0. The van der Waals surface area contributed by atoms with Crippen LogP contribution in [0.4, 0.5) is 0 Å². The second kappa shape index (κ2) is 12.9. The lowest BCUT2D eigenvalue weighted by Gasteiger charge is -2.25. The maximum atomic E-state index is 13.6. The van der Waals surface area contributed by atoms with Gasteiger partial charge in [-0.15, -0.1) is 11.3 Å². The van der Waals surface area contributed by atoms with E-state index in [4.69, 9.17) is 21.3 Å². The third kappa shape index (κ3) is 6.66. The highest BCUT2D eigenvalue weighted by atomic mass is 35.5. The predicted octanol–water partition coefficient (Wildman–Crippen LogP) is 7.70. The van der Waals surface area contributed by atoms with E-state index in [1.165, 1.54) is 31.2 Å². The van der Waals surface area contributed by atoms with Crippen molar-refractivity contribution >= 4 is 33.8 Å². The third-order valence-electron chi connectivity index (χ3n) is 7.32. The number of ether oxygens (including phenoxy) is 1. The maximum absolute atomic E-state index is 13.6. The van der Waals surface area contributed by atoms with Gasteiger partial charge >= 0.3 is 0 Å². The first-order valence-electron chi connectivity index (χ1n) is 13.8. The number of aryl methyl sites for hydroxylation is 1. The van der Waals surface area contributed by atoms with Crippen molar-refractivity contribution in [2.75, 3.05) is 19.7 Å². The van der Waals surface area contributed by atoms with Crippen LogP contribution in [0.1, 0.15) is 67.1 Å². The monoisotopic (exact) mass is 549 g/mol. The summed E-state index contributed by atoms with van der Waals surface area (Å²) in [6.07, 6.45) is 11.1. The van der Waals surface area contributed by atoms with E-state index in [1.807, 2.05) is 41.3 Å².